The van der Waals surface area contributed by atoms with Gasteiger partial charge in [-0.2, -0.15) is 0 Å². The van der Waals surface area contributed by atoms with Gasteiger partial charge < -0.3 is 24.5 Å². The van der Waals surface area contributed by atoms with Crippen molar-refractivity contribution in [3.63, 3.8) is 0 Å². The second-order valence-corrected chi connectivity index (χ2v) is 3.58. The average Bonchev–Trinajstić information content (AvgIpc) is 2.28. The first-order valence-corrected chi connectivity index (χ1v) is 5.10. The molecule has 0 fully saturated rings. The van der Waals surface area contributed by atoms with Gasteiger partial charge in [-0.1, -0.05) is 0 Å². The van der Waals surface area contributed by atoms with E-state index in [4.69, 9.17) is 9.47 Å². The van der Waals surface area contributed by atoms with Crippen molar-refractivity contribution >= 4 is 5.82 Å². The number of nitrogens with zero attached hydrogens (tertiary/aromatic N) is 2. The molecule has 17 heavy (non-hydrogen) atoms. The molecular weight excluding hydrogens is 226 g/mol. The Morgan fingerprint density at radius 3 is 2.88 bits per heavy atom. The molecular formula is C10H17N3O4. The standard InChI is InChI=1S/C10H17N3O4/c1-13(4-7(14)5-16-2)9-8(17-3)10(15)12-6-11-9/h6-7,14H,4-5H2,1-3H3,(H,11,12,15). The lowest BCUT2D eigenvalue weighted by Crippen LogP contribution is -2.33. The van der Waals surface area contributed by atoms with Crippen LogP contribution in [-0.4, -0.2) is 55.6 Å². The molecule has 0 aromatic carbocycles. The number of rotatable bonds is 6. The molecule has 2 N–H and O–H groups in total. The van der Waals surface area contributed by atoms with Crippen LogP contribution in [0.3, 0.4) is 0 Å². The van der Waals surface area contributed by atoms with Crippen LogP contribution < -0.4 is 15.2 Å². The number of aromatic amines is 1. The Morgan fingerprint density at radius 2 is 2.29 bits per heavy atom. The normalized spacial score (nSPS) is 12.2. The van der Waals surface area contributed by atoms with E-state index >= 15 is 0 Å². The smallest absolute Gasteiger partial charge is 0.295 e. The maximum absolute atomic E-state index is 11.5. The van der Waals surface area contributed by atoms with Crippen molar-refractivity contribution in [1.82, 2.24) is 9.97 Å². The van der Waals surface area contributed by atoms with Crippen molar-refractivity contribution in [2.45, 2.75) is 6.10 Å². The molecule has 7 heteroatoms. The Bertz CT molecular complexity index is 407. The number of methoxy groups -OCH3 is 2. The van der Waals surface area contributed by atoms with Crippen LogP contribution in [0.1, 0.15) is 0 Å². The number of nitrogens with one attached hydrogen (secondary N) is 1. The summed E-state index contributed by atoms with van der Waals surface area (Å²) in [5, 5.41) is 9.59. The van der Waals surface area contributed by atoms with E-state index in [0.29, 0.717) is 12.4 Å². The van der Waals surface area contributed by atoms with Gasteiger partial charge in [0.15, 0.2) is 5.82 Å². The van der Waals surface area contributed by atoms with Gasteiger partial charge in [0.2, 0.25) is 5.75 Å². The molecule has 1 atom stereocenters. The predicted molar refractivity (Wildman–Crippen MR) is 62.6 cm³/mol. The highest BCUT2D eigenvalue weighted by molar-refractivity contribution is 5.49. The van der Waals surface area contributed by atoms with Crippen LogP contribution in [0.15, 0.2) is 11.1 Å². The summed E-state index contributed by atoms with van der Waals surface area (Å²) in [5.74, 6) is 0.506. The first-order valence-electron chi connectivity index (χ1n) is 5.10. The quantitative estimate of drug-likeness (QED) is 0.681. The van der Waals surface area contributed by atoms with Crippen LogP contribution in [-0.2, 0) is 4.74 Å². The molecule has 0 saturated carbocycles. The number of hydrogen-bond donors (Lipinski definition) is 2. The van der Waals surface area contributed by atoms with Crippen LogP contribution in [0.25, 0.3) is 0 Å². The van der Waals surface area contributed by atoms with Gasteiger partial charge in [-0.3, -0.25) is 4.79 Å². The molecule has 0 aliphatic heterocycles. The Morgan fingerprint density at radius 1 is 1.59 bits per heavy atom. The highest BCUT2D eigenvalue weighted by Gasteiger charge is 2.16. The Kier molecular flexibility index (Phi) is 4.92. The maximum atomic E-state index is 11.5. The SMILES string of the molecule is COCC(O)CN(C)c1nc[nH]c(=O)c1OC. The molecule has 1 unspecified atom stereocenters. The Labute approximate surface area is 99.0 Å². The zero-order valence-electron chi connectivity index (χ0n) is 10.1. The van der Waals surface area contributed by atoms with Crippen molar-refractivity contribution in [1.29, 1.82) is 0 Å². The summed E-state index contributed by atoms with van der Waals surface area (Å²) >= 11 is 0. The molecule has 0 radical (unpaired) electrons. The minimum absolute atomic E-state index is 0.125. The van der Waals surface area contributed by atoms with Gasteiger partial charge >= 0.3 is 0 Å². The molecule has 1 aromatic rings. The van der Waals surface area contributed by atoms with E-state index in [0.717, 1.165) is 0 Å². The van der Waals surface area contributed by atoms with Gasteiger partial charge in [0.1, 0.15) is 0 Å². The third kappa shape index (κ3) is 3.43. The molecule has 96 valence electrons. The van der Waals surface area contributed by atoms with Crippen molar-refractivity contribution in [3.8, 4) is 5.75 Å². The van der Waals surface area contributed by atoms with Crippen LogP contribution in [0, 0.1) is 0 Å². The minimum atomic E-state index is -0.657. The van der Waals surface area contributed by atoms with Gasteiger partial charge in [-0.05, 0) is 0 Å². The van der Waals surface area contributed by atoms with Gasteiger partial charge in [0.05, 0.1) is 26.1 Å². The van der Waals surface area contributed by atoms with E-state index < -0.39 is 6.10 Å². The zero-order chi connectivity index (χ0) is 12.8. The number of aliphatic hydroxyl groups is 1. The van der Waals surface area contributed by atoms with Crippen LogP contribution in [0.5, 0.6) is 5.75 Å². The molecule has 0 aliphatic carbocycles. The second-order valence-electron chi connectivity index (χ2n) is 3.58. The molecule has 0 saturated heterocycles. The summed E-state index contributed by atoms with van der Waals surface area (Å²) in [4.78, 5) is 19.5. The van der Waals surface area contributed by atoms with E-state index in [2.05, 4.69) is 9.97 Å². The van der Waals surface area contributed by atoms with Crippen LogP contribution in [0.4, 0.5) is 5.82 Å². The summed E-state index contributed by atoms with van der Waals surface area (Å²) in [6.07, 6.45) is 0.634. The number of hydrogen-bond acceptors (Lipinski definition) is 6. The topological polar surface area (TPSA) is 87.7 Å². The van der Waals surface area contributed by atoms with Gasteiger partial charge in [-0.25, -0.2) is 4.98 Å². The first kappa shape index (κ1) is 13.5. The van der Waals surface area contributed by atoms with Gasteiger partial charge in [0, 0.05) is 20.7 Å². The predicted octanol–water partition coefficient (Wildman–Crippen LogP) is -0.778. The first-order chi connectivity index (χ1) is 8.10. The third-order valence-corrected chi connectivity index (χ3v) is 2.20. The fraction of sp³-hybridized carbons (Fsp3) is 0.600. The van der Waals surface area contributed by atoms with E-state index in [1.165, 1.54) is 20.5 Å². The summed E-state index contributed by atoms with van der Waals surface area (Å²) in [6.45, 7) is 0.510. The molecule has 0 amide bonds. The summed E-state index contributed by atoms with van der Waals surface area (Å²) in [5.41, 5.74) is -0.356. The largest absolute Gasteiger partial charge is 0.489 e. The van der Waals surface area contributed by atoms with Crippen LogP contribution >= 0.6 is 0 Å². The Hall–Kier alpha value is -1.60. The molecule has 0 bridgehead atoms. The summed E-state index contributed by atoms with van der Waals surface area (Å²) in [6, 6.07) is 0. The third-order valence-electron chi connectivity index (χ3n) is 2.20. The molecule has 0 spiro atoms. The van der Waals surface area contributed by atoms with E-state index in [1.807, 2.05) is 0 Å². The number of H-pyrrole nitrogens is 1. The molecule has 1 aromatic heterocycles. The minimum Gasteiger partial charge on any atom is -0.489 e. The fourth-order valence-electron chi connectivity index (χ4n) is 1.48. The summed E-state index contributed by atoms with van der Waals surface area (Å²) in [7, 11) is 4.62. The second kappa shape index (κ2) is 6.21. The highest BCUT2D eigenvalue weighted by Crippen LogP contribution is 2.18. The highest BCUT2D eigenvalue weighted by atomic mass is 16.5. The van der Waals surface area contributed by atoms with E-state index in [1.54, 1.807) is 11.9 Å². The van der Waals surface area contributed by atoms with Gasteiger partial charge in [0.25, 0.3) is 5.56 Å². The number of ether oxygens (including phenoxy) is 2. The molecule has 7 nitrogen and oxygen atoms in total. The number of anilines is 1. The lowest BCUT2D eigenvalue weighted by Gasteiger charge is -2.22. The average molecular weight is 243 g/mol. The number of likely N-dealkylation sites (N-methyl/N-ethyl adjacent to an activating group) is 1. The van der Waals surface area contributed by atoms with Gasteiger partial charge in [-0.15, -0.1) is 0 Å². The lowest BCUT2D eigenvalue weighted by atomic mass is 10.3. The van der Waals surface area contributed by atoms with Crippen molar-refractivity contribution in [2.24, 2.45) is 0 Å². The van der Waals surface area contributed by atoms with Crippen LogP contribution in [0.2, 0.25) is 0 Å². The lowest BCUT2D eigenvalue weighted by molar-refractivity contribution is 0.0693. The monoisotopic (exact) mass is 243 g/mol. The number of aromatic nitrogens is 2. The molecule has 0 aliphatic rings. The maximum Gasteiger partial charge on any atom is 0.295 e. The molecule has 1 heterocycles. The summed E-state index contributed by atoms with van der Waals surface area (Å²) < 4.78 is 9.80. The van der Waals surface area contributed by atoms with Crippen molar-refractivity contribution < 1.29 is 14.6 Å². The molecule has 1 rings (SSSR count). The fourth-order valence-corrected chi connectivity index (χ4v) is 1.48. The zero-order valence-corrected chi connectivity index (χ0v) is 10.1. The van der Waals surface area contributed by atoms with E-state index in [-0.39, 0.29) is 17.9 Å². The van der Waals surface area contributed by atoms with E-state index in [9.17, 15) is 9.90 Å². The van der Waals surface area contributed by atoms with Crippen molar-refractivity contribution in [3.05, 3.63) is 16.7 Å². The number of aliphatic hydroxyl groups excluding tert-OH is 1. The van der Waals surface area contributed by atoms with Crippen molar-refractivity contribution in [2.75, 3.05) is 39.3 Å². The Balaban J connectivity index is 2.85.